The van der Waals surface area contributed by atoms with Gasteiger partial charge in [0.05, 0.1) is 6.61 Å². The molecule has 21 heavy (non-hydrogen) atoms. The van der Waals surface area contributed by atoms with Gasteiger partial charge in [-0.3, -0.25) is 5.32 Å². The van der Waals surface area contributed by atoms with Gasteiger partial charge in [0.25, 0.3) is 0 Å². The second-order valence-corrected chi connectivity index (χ2v) is 4.88. The first kappa shape index (κ1) is 14.9. The van der Waals surface area contributed by atoms with Crippen molar-refractivity contribution in [2.75, 3.05) is 17.7 Å². The third kappa shape index (κ3) is 4.84. The van der Waals surface area contributed by atoms with Crippen LogP contribution in [0, 0.1) is 0 Å². The van der Waals surface area contributed by atoms with Crippen LogP contribution in [0.15, 0.2) is 48.5 Å². The van der Waals surface area contributed by atoms with Crippen molar-refractivity contribution in [3.8, 4) is 0 Å². The molecule has 0 aliphatic heterocycles. The smallest absolute Gasteiger partial charge is 0.411 e. The van der Waals surface area contributed by atoms with E-state index in [1.165, 1.54) is 11.1 Å². The molecule has 2 aromatic rings. The number of hydrogen-bond donors (Lipinski definition) is 2. The molecule has 0 unspecified atom stereocenters. The second kappa shape index (κ2) is 7.33. The number of carbonyl (C=O) groups excluding carboxylic acids is 1. The van der Waals surface area contributed by atoms with E-state index in [2.05, 4.69) is 5.32 Å². The first-order valence-corrected chi connectivity index (χ1v) is 7.04. The lowest BCUT2D eigenvalue weighted by molar-refractivity contribution is 0.161. The summed E-state index contributed by atoms with van der Waals surface area (Å²) in [4.78, 5) is 11.4. The Kier molecular flexibility index (Phi) is 5.21. The Morgan fingerprint density at radius 3 is 2.19 bits per heavy atom. The molecule has 2 rings (SSSR count). The van der Waals surface area contributed by atoms with Crippen molar-refractivity contribution < 1.29 is 9.53 Å². The van der Waals surface area contributed by atoms with E-state index >= 15 is 0 Å². The summed E-state index contributed by atoms with van der Waals surface area (Å²) in [5, 5.41) is 2.70. The fraction of sp³-hybridized carbons (Fsp3) is 0.235. The summed E-state index contributed by atoms with van der Waals surface area (Å²) in [6.45, 7) is 2.39. The van der Waals surface area contributed by atoms with Crippen LogP contribution in [-0.2, 0) is 11.2 Å². The van der Waals surface area contributed by atoms with Crippen molar-refractivity contribution in [3.05, 3.63) is 59.7 Å². The monoisotopic (exact) mass is 284 g/mol. The van der Waals surface area contributed by atoms with Crippen LogP contribution in [-0.4, -0.2) is 12.7 Å². The van der Waals surface area contributed by atoms with E-state index in [0.717, 1.165) is 24.2 Å². The molecule has 110 valence electrons. The number of hydrogen-bond acceptors (Lipinski definition) is 3. The Labute approximate surface area is 124 Å². The van der Waals surface area contributed by atoms with Gasteiger partial charge in [-0.05, 0) is 48.2 Å². The minimum Gasteiger partial charge on any atom is -0.449 e. The highest BCUT2D eigenvalue weighted by Gasteiger charge is 2.02. The second-order valence-electron chi connectivity index (χ2n) is 4.88. The summed E-state index contributed by atoms with van der Waals surface area (Å²) >= 11 is 0. The number of nitrogens with one attached hydrogen (secondary N) is 1. The van der Waals surface area contributed by atoms with E-state index in [1.807, 2.05) is 55.5 Å². The number of carbonyl (C=O) groups is 1. The van der Waals surface area contributed by atoms with E-state index in [0.29, 0.717) is 6.61 Å². The third-order valence-corrected chi connectivity index (χ3v) is 3.03. The zero-order chi connectivity index (χ0) is 15.1. The number of nitrogens with two attached hydrogens (primary N) is 1. The fourth-order valence-electron chi connectivity index (χ4n) is 1.93. The maximum absolute atomic E-state index is 11.4. The highest BCUT2D eigenvalue weighted by atomic mass is 16.5. The molecule has 4 heteroatoms. The molecule has 0 saturated carbocycles. The number of amides is 1. The molecule has 4 nitrogen and oxygen atoms in total. The lowest BCUT2D eigenvalue weighted by Gasteiger charge is -2.07. The molecule has 0 atom stereocenters. The normalized spacial score (nSPS) is 10.1. The Bertz CT molecular complexity index is 577. The highest BCUT2D eigenvalue weighted by molar-refractivity contribution is 5.84. The van der Waals surface area contributed by atoms with Crippen LogP contribution in [0.5, 0.6) is 0 Å². The predicted molar refractivity (Wildman–Crippen MR) is 85.4 cm³/mol. The highest BCUT2D eigenvalue weighted by Crippen LogP contribution is 2.15. The van der Waals surface area contributed by atoms with Crippen molar-refractivity contribution in [1.82, 2.24) is 0 Å². The first-order valence-electron chi connectivity index (χ1n) is 7.04. The standard InChI is InChI=1S/C17H20N2O2/c1-2-11-21-17(20)19-16-9-5-14(6-10-16)12-13-3-7-15(18)8-4-13/h3-10H,2,11-12,18H2,1H3,(H,19,20). The number of ether oxygens (including phenoxy) is 1. The van der Waals surface area contributed by atoms with Crippen LogP contribution in [0.25, 0.3) is 0 Å². The van der Waals surface area contributed by atoms with Crippen LogP contribution in [0.4, 0.5) is 16.2 Å². The summed E-state index contributed by atoms with van der Waals surface area (Å²) in [5.74, 6) is 0. The zero-order valence-corrected chi connectivity index (χ0v) is 12.1. The van der Waals surface area contributed by atoms with Gasteiger partial charge in [0.2, 0.25) is 0 Å². The summed E-state index contributed by atoms with van der Waals surface area (Å²) < 4.78 is 4.97. The average molecular weight is 284 g/mol. The van der Waals surface area contributed by atoms with Gasteiger partial charge in [0.15, 0.2) is 0 Å². The summed E-state index contributed by atoms with van der Waals surface area (Å²) in [6.07, 6.45) is 1.23. The van der Waals surface area contributed by atoms with Crippen molar-refractivity contribution in [3.63, 3.8) is 0 Å². The van der Waals surface area contributed by atoms with E-state index in [9.17, 15) is 4.79 Å². The molecule has 2 aromatic carbocycles. The first-order chi connectivity index (χ1) is 10.2. The minimum atomic E-state index is -0.414. The van der Waals surface area contributed by atoms with Crippen LogP contribution >= 0.6 is 0 Å². The van der Waals surface area contributed by atoms with Crippen LogP contribution < -0.4 is 11.1 Å². The van der Waals surface area contributed by atoms with Crippen molar-refractivity contribution in [2.24, 2.45) is 0 Å². The minimum absolute atomic E-state index is 0.414. The Morgan fingerprint density at radius 1 is 1.05 bits per heavy atom. The summed E-state index contributed by atoms with van der Waals surface area (Å²) in [5.41, 5.74) is 9.54. The molecular weight excluding hydrogens is 264 g/mol. The quantitative estimate of drug-likeness (QED) is 0.820. The Balaban J connectivity index is 1.92. The fourth-order valence-corrected chi connectivity index (χ4v) is 1.93. The van der Waals surface area contributed by atoms with Gasteiger partial charge in [-0.2, -0.15) is 0 Å². The summed E-state index contributed by atoms with van der Waals surface area (Å²) in [6, 6.07) is 15.6. The zero-order valence-electron chi connectivity index (χ0n) is 12.1. The lowest BCUT2D eigenvalue weighted by atomic mass is 10.0. The molecule has 0 aliphatic rings. The number of rotatable bonds is 5. The number of nitrogen functional groups attached to an aromatic ring is 1. The van der Waals surface area contributed by atoms with Gasteiger partial charge in [0.1, 0.15) is 0 Å². The predicted octanol–water partition coefficient (Wildman–Crippen LogP) is 3.82. The van der Waals surface area contributed by atoms with Crippen LogP contribution in [0.3, 0.4) is 0 Å². The molecule has 0 aromatic heterocycles. The molecule has 3 N–H and O–H groups in total. The third-order valence-electron chi connectivity index (χ3n) is 3.03. The topological polar surface area (TPSA) is 64.3 Å². The van der Waals surface area contributed by atoms with E-state index < -0.39 is 6.09 Å². The van der Waals surface area contributed by atoms with Crippen molar-refractivity contribution in [2.45, 2.75) is 19.8 Å². The molecule has 0 spiro atoms. The largest absolute Gasteiger partial charge is 0.449 e. The van der Waals surface area contributed by atoms with E-state index in [4.69, 9.17) is 10.5 Å². The molecular formula is C17H20N2O2. The van der Waals surface area contributed by atoms with E-state index in [1.54, 1.807) is 0 Å². The van der Waals surface area contributed by atoms with Gasteiger partial charge >= 0.3 is 6.09 Å². The van der Waals surface area contributed by atoms with Gasteiger partial charge in [0, 0.05) is 11.4 Å². The molecule has 0 bridgehead atoms. The number of anilines is 2. The molecule has 0 heterocycles. The lowest BCUT2D eigenvalue weighted by Crippen LogP contribution is -2.13. The van der Waals surface area contributed by atoms with Gasteiger partial charge in [-0.1, -0.05) is 31.2 Å². The molecule has 0 aliphatic carbocycles. The van der Waals surface area contributed by atoms with Crippen LogP contribution in [0.1, 0.15) is 24.5 Å². The maximum Gasteiger partial charge on any atom is 0.411 e. The molecule has 0 saturated heterocycles. The molecule has 0 radical (unpaired) electrons. The van der Waals surface area contributed by atoms with Crippen LogP contribution in [0.2, 0.25) is 0 Å². The number of benzene rings is 2. The van der Waals surface area contributed by atoms with Crippen molar-refractivity contribution in [1.29, 1.82) is 0 Å². The van der Waals surface area contributed by atoms with E-state index in [-0.39, 0.29) is 0 Å². The maximum atomic E-state index is 11.4. The average Bonchev–Trinajstić information content (AvgIpc) is 2.49. The Hall–Kier alpha value is -2.49. The van der Waals surface area contributed by atoms with Gasteiger partial charge < -0.3 is 10.5 Å². The van der Waals surface area contributed by atoms with Crippen molar-refractivity contribution >= 4 is 17.5 Å². The Morgan fingerprint density at radius 2 is 1.62 bits per heavy atom. The molecule has 0 fully saturated rings. The van der Waals surface area contributed by atoms with Gasteiger partial charge in [-0.15, -0.1) is 0 Å². The molecule has 1 amide bonds. The summed E-state index contributed by atoms with van der Waals surface area (Å²) in [7, 11) is 0. The van der Waals surface area contributed by atoms with Gasteiger partial charge in [-0.25, -0.2) is 4.79 Å². The SMILES string of the molecule is CCCOC(=O)Nc1ccc(Cc2ccc(N)cc2)cc1.